The maximum atomic E-state index is 13.7. The molecule has 1 aliphatic heterocycles. The first-order chi connectivity index (χ1) is 16.1. The van der Waals surface area contributed by atoms with Gasteiger partial charge in [-0.15, -0.1) is 11.3 Å². The zero-order valence-corrected chi connectivity index (χ0v) is 19.6. The van der Waals surface area contributed by atoms with Crippen LogP contribution in [-0.2, 0) is 4.79 Å². The molecule has 2 N–H and O–H groups in total. The van der Waals surface area contributed by atoms with E-state index in [4.69, 9.17) is 14.2 Å². The molecule has 0 amide bonds. The zero-order valence-electron chi connectivity index (χ0n) is 18.8. The Morgan fingerprint density at radius 1 is 0.879 bits per heavy atom. The Morgan fingerprint density at radius 2 is 1.67 bits per heavy atom. The van der Waals surface area contributed by atoms with Gasteiger partial charge in [0.05, 0.1) is 38.7 Å². The van der Waals surface area contributed by atoms with Crippen LogP contribution in [0.25, 0.3) is 0 Å². The number of hydrogen-bond donors (Lipinski definition) is 2. The number of carbonyl (C=O) groups excluding carboxylic acids is 1. The van der Waals surface area contributed by atoms with Gasteiger partial charge in [-0.25, -0.2) is 0 Å². The molecule has 7 heteroatoms. The van der Waals surface area contributed by atoms with Gasteiger partial charge in [0.2, 0.25) is 5.75 Å². The number of ether oxygens (including phenoxy) is 3. The first-order valence-electron chi connectivity index (χ1n) is 10.9. The van der Waals surface area contributed by atoms with E-state index in [-0.39, 0.29) is 11.7 Å². The van der Waals surface area contributed by atoms with Crippen molar-refractivity contribution in [2.75, 3.05) is 32.0 Å². The molecule has 0 spiro atoms. The fourth-order valence-corrected chi connectivity index (χ4v) is 5.63. The Morgan fingerprint density at radius 3 is 2.36 bits per heavy atom. The second-order valence-corrected chi connectivity index (χ2v) is 9.09. The quantitative estimate of drug-likeness (QED) is 0.503. The summed E-state index contributed by atoms with van der Waals surface area (Å²) in [6.07, 6.45) is 1.24. The van der Waals surface area contributed by atoms with Crippen molar-refractivity contribution >= 4 is 28.5 Å². The molecule has 5 rings (SSSR count). The molecule has 0 radical (unpaired) electrons. The lowest BCUT2D eigenvalue weighted by atomic mass is 9.80. The largest absolute Gasteiger partial charge is 0.493 e. The van der Waals surface area contributed by atoms with Crippen LogP contribution in [-0.4, -0.2) is 27.1 Å². The van der Waals surface area contributed by atoms with E-state index in [1.165, 1.54) is 4.88 Å². The van der Waals surface area contributed by atoms with Gasteiger partial charge >= 0.3 is 0 Å². The van der Waals surface area contributed by atoms with Crippen molar-refractivity contribution in [3.8, 4) is 17.2 Å². The number of nitrogens with one attached hydrogen (secondary N) is 2. The average Bonchev–Trinajstić information content (AvgIpc) is 3.32. The number of ketones is 1. The molecule has 3 aromatic rings. The van der Waals surface area contributed by atoms with Crippen LogP contribution in [0.1, 0.15) is 35.2 Å². The summed E-state index contributed by atoms with van der Waals surface area (Å²) in [5.74, 6) is 1.93. The van der Waals surface area contributed by atoms with Gasteiger partial charge in [0.15, 0.2) is 17.3 Å². The number of Topliss-reactive ketones (excluding diaryl/α,β-unsaturated/α-hetero) is 1. The molecule has 0 saturated heterocycles. The van der Waals surface area contributed by atoms with Crippen molar-refractivity contribution < 1.29 is 19.0 Å². The minimum Gasteiger partial charge on any atom is -0.493 e. The molecule has 0 saturated carbocycles. The van der Waals surface area contributed by atoms with Gasteiger partial charge in [-0.2, -0.15) is 0 Å². The second-order valence-electron chi connectivity index (χ2n) is 8.11. The topological polar surface area (TPSA) is 68.8 Å². The van der Waals surface area contributed by atoms with Crippen molar-refractivity contribution in [2.24, 2.45) is 0 Å². The number of methoxy groups -OCH3 is 3. The van der Waals surface area contributed by atoms with Gasteiger partial charge in [0.1, 0.15) is 0 Å². The van der Waals surface area contributed by atoms with Crippen LogP contribution < -0.4 is 24.8 Å². The minimum absolute atomic E-state index is 0.129. The maximum absolute atomic E-state index is 13.7. The van der Waals surface area contributed by atoms with Gasteiger partial charge in [-0.1, -0.05) is 18.2 Å². The second kappa shape index (κ2) is 8.83. The third-order valence-electron chi connectivity index (χ3n) is 6.30. The van der Waals surface area contributed by atoms with Gasteiger partial charge < -0.3 is 24.8 Å². The van der Waals surface area contributed by atoms with E-state index in [0.717, 1.165) is 34.6 Å². The number of thiophene rings is 1. The van der Waals surface area contributed by atoms with E-state index < -0.39 is 6.04 Å². The summed E-state index contributed by atoms with van der Waals surface area (Å²) in [5.41, 5.74) is 4.39. The van der Waals surface area contributed by atoms with Crippen LogP contribution >= 0.6 is 11.3 Å². The minimum atomic E-state index is -0.400. The third kappa shape index (κ3) is 3.72. The number of anilines is 2. The van der Waals surface area contributed by atoms with Crippen LogP contribution in [0, 0.1) is 0 Å². The molecule has 2 aromatic carbocycles. The summed E-state index contributed by atoms with van der Waals surface area (Å²) in [7, 11) is 4.79. The fourth-order valence-electron chi connectivity index (χ4n) is 4.80. The van der Waals surface area contributed by atoms with E-state index in [2.05, 4.69) is 22.1 Å². The van der Waals surface area contributed by atoms with Crippen LogP contribution in [0.2, 0.25) is 0 Å². The van der Waals surface area contributed by atoms with Crippen LogP contribution in [0.3, 0.4) is 0 Å². The molecule has 170 valence electrons. The normalized spacial score (nSPS) is 19.5. The number of hydrogen-bond acceptors (Lipinski definition) is 7. The average molecular weight is 463 g/mol. The molecule has 0 unspecified atom stereocenters. The van der Waals surface area contributed by atoms with Gasteiger partial charge in [-0.05, 0) is 42.1 Å². The summed E-state index contributed by atoms with van der Waals surface area (Å²) in [6, 6.07) is 15.6. The number of carbonyl (C=O) groups is 1. The van der Waals surface area contributed by atoms with E-state index in [9.17, 15) is 4.79 Å². The SMILES string of the molecule is COc1ccc([C@@H]2Nc3ccccc3NC3=C2C(=O)C[C@@H](c2cccs2)C3)c(OC)c1OC. The Kier molecular flexibility index (Phi) is 5.72. The number of fused-ring (bicyclic) bond motifs is 1. The lowest BCUT2D eigenvalue weighted by Gasteiger charge is -2.30. The van der Waals surface area contributed by atoms with Crippen molar-refractivity contribution in [2.45, 2.75) is 24.8 Å². The number of rotatable bonds is 5. The molecule has 2 heterocycles. The smallest absolute Gasteiger partial charge is 0.203 e. The number of benzene rings is 2. The first kappa shape index (κ1) is 21.4. The van der Waals surface area contributed by atoms with E-state index in [1.807, 2.05) is 42.5 Å². The highest BCUT2D eigenvalue weighted by Gasteiger charge is 2.38. The van der Waals surface area contributed by atoms with Crippen LogP contribution in [0.15, 0.2) is 65.2 Å². The van der Waals surface area contributed by atoms with E-state index in [0.29, 0.717) is 23.7 Å². The lowest BCUT2D eigenvalue weighted by molar-refractivity contribution is -0.116. The van der Waals surface area contributed by atoms with Gasteiger partial charge in [0.25, 0.3) is 0 Å². The van der Waals surface area contributed by atoms with Crippen LogP contribution in [0.5, 0.6) is 17.2 Å². The Balaban J connectivity index is 1.68. The zero-order chi connectivity index (χ0) is 22.9. The fraction of sp³-hybridized carbons (Fsp3) is 0.269. The molecule has 0 fully saturated rings. The van der Waals surface area contributed by atoms with Crippen molar-refractivity contribution in [3.05, 3.63) is 75.6 Å². The summed E-state index contributed by atoms with van der Waals surface area (Å²) in [5, 5.41) is 9.25. The molecule has 2 aliphatic rings. The predicted octanol–water partition coefficient (Wildman–Crippen LogP) is 5.75. The van der Waals surface area contributed by atoms with Crippen LogP contribution in [0.4, 0.5) is 11.4 Å². The summed E-state index contributed by atoms with van der Waals surface area (Å²) in [6.45, 7) is 0. The summed E-state index contributed by atoms with van der Waals surface area (Å²) >= 11 is 1.71. The molecule has 6 nitrogen and oxygen atoms in total. The van der Waals surface area contributed by atoms with Gasteiger partial charge in [0, 0.05) is 34.0 Å². The molecule has 0 bridgehead atoms. The highest BCUT2D eigenvalue weighted by atomic mass is 32.1. The molecular weight excluding hydrogens is 436 g/mol. The third-order valence-corrected chi connectivity index (χ3v) is 7.33. The summed E-state index contributed by atoms with van der Waals surface area (Å²) in [4.78, 5) is 14.9. The molecule has 1 aliphatic carbocycles. The van der Waals surface area contributed by atoms with E-state index in [1.54, 1.807) is 32.7 Å². The molecule has 1 aromatic heterocycles. The highest BCUT2D eigenvalue weighted by Crippen LogP contribution is 2.49. The van der Waals surface area contributed by atoms with Gasteiger partial charge in [-0.3, -0.25) is 4.79 Å². The van der Waals surface area contributed by atoms with Crippen molar-refractivity contribution in [1.82, 2.24) is 0 Å². The predicted molar refractivity (Wildman–Crippen MR) is 131 cm³/mol. The Hall–Kier alpha value is -3.45. The molecule has 2 atom stereocenters. The maximum Gasteiger partial charge on any atom is 0.203 e. The molecular formula is C26H26N2O4S. The standard InChI is InChI=1S/C26H26N2O4S/c1-30-21-11-10-16(25(31-2)26(21)32-3)24-23-19(27-17-7-4-5-8-18(17)28-24)13-15(14-20(23)29)22-9-6-12-33-22/h4-12,15,24,27-28H,13-14H2,1-3H3/t15-,24-/m0/s1. The van der Waals surface area contributed by atoms with Crippen molar-refractivity contribution in [1.29, 1.82) is 0 Å². The monoisotopic (exact) mass is 462 g/mol. The molecule has 33 heavy (non-hydrogen) atoms. The lowest BCUT2D eigenvalue weighted by Crippen LogP contribution is -2.27. The van der Waals surface area contributed by atoms with E-state index >= 15 is 0 Å². The first-order valence-corrected chi connectivity index (χ1v) is 11.7. The Labute approximate surface area is 197 Å². The highest BCUT2D eigenvalue weighted by molar-refractivity contribution is 7.10. The van der Waals surface area contributed by atoms with Crippen molar-refractivity contribution in [3.63, 3.8) is 0 Å². The Bertz CT molecular complexity index is 1220. The number of allylic oxidation sites excluding steroid dienone is 1. The summed E-state index contributed by atoms with van der Waals surface area (Å²) < 4.78 is 16.9. The number of para-hydroxylation sites is 2.